The molecule has 4 rings (SSSR count). The van der Waals surface area contributed by atoms with Gasteiger partial charge in [0.05, 0.1) is 17.9 Å². The summed E-state index contributed by atoms with van der Waals surface area (Å²) in [4.78, 5) is 24.0. The van der Waals surface area contributed by atoms with Crippen LogP contribution in [-0.4, -0.2) is 52.0 Å². The van der Waals surface area contributed by atoms with Crippen molar-refractivity contribution in [1.82, 2.24) is 15.3 Å². The van der Waals surface area contributed by atoms with Crippen molar-refractivity contribution >= 4 is 34.1 Å². The molecule has 0 bridgehead atoms. The maximum Gasteiger partial charge on any atom is 0.230 e. The van der Waals surface area contributed by atoms with Gasteiger partial charge >= 0.3 is 0 Å². The molecule has 8 heteroatoms. The SMILES string of the molecule is O=C(CSc1ccncc1)N[C@H]1C[C@H]2CN(c3nccs3)C[C@H]2C[C@@H]1O. The standard InChI is InChI=1S/C18H22N4O2S2/c23-16-8-13-10-22(18-20-5-6-25-18)9-12(13)7-15(16)21-17(24)11-26-14-1-3-19-4-2-14/h1-6,12-13,15-16,23H,7-11H2,(H,21,24)/t12-,13+,15-,16-/m0/s1. The van der Waals surface area contributed by atoms with Gasteiger partial charge in [0.2, 0.25) is 5.91 Å². The Bertz CT molecular complexity index is 728. The molecular weight excluding hydrogens is 368 g/mol. The first-order valence-electron chi connectivity index (χ1n) is 8.83. The predicted octanol–water partition coefficient (Wildman–Crippen LogP) is 2.02. The molecule has 2 aromatic heterocycles. The lowest BCUT2D eigenvalue weighted by atomic mass is 9.77. The van der Waals surface area contributed by atoms with Gasteiger partial charge in [-0.05, 0) is 36.8 Å². The maximum atomic E-state index is 12.3. The quantitative estimate of drug-likeness (QED) is 0.761. The Hall–Kier alpha value is -1.64. The molecule has 1 aliphatic heterocycles. The van der Waals surface area contributed by atoms with Gasteiger partial charge in [0.25, 0.3) is 0 Å². The van der Waals surface area contributed by atoms with E-state index in [1.165, 1.54) is 11.8 Å². The Morgan fingerprint density at radius 1 is 1.27 bits per heavy atom. The molecule has 2 aromatic rings. The lowest BCUT2D eigenvalue weighted by Crippen LogP contribution is -2.49. The molecule has 2 N–H and O–H groups in total. The average molecular weight is 391 g/mol. The van der Waals surface area contributed by atoms with Gasteiger partial charge in [-0.3, -0.25) is 9.78 Å². The number of carbonyl (C=O) groups excluding carboxylic acids is 1. The third kappa shape index (κ3) is 4.02. The predicted molar refractivity (Wildman–Crippen MR) is 103 cm³/mol. The third-order valence-electron chi connectivity index (χ3n) is 5.20. The third-order valence-corrected chi connectivity index (χ3v) is 7.04. The van der Waals surface area contributed by atoms with Crippen molar-refractivity contribution in [2.75, 3.05) is 23.7 Å². The number of anilines is 1. The largest absolute Gasteiger partial charge is 0.391 e. The molecule has 1 aliphatic carbocycles. The highest BCUT2D eigenvalue weighted by Crippen LogP contribution is 2.38. The Morgan fingerprint density at radius 3 is 2.77 bits per heavy atom. The molecule has 2 aliphatic rings. The van der Waals surface area contributed by atoms with Gasteiger partial charge < -0.3 is 15.3 Å². The molecule has 0 spiro atoms. The number of nitrogens with zero attached hydrogens (tertiary/aromatic N) is 3. The summed E-state index contributed by atoms with van der Waals surface area (Å²) in [5.41, 5.74) is 0. The number of aromatic nitrogens is 2. The van der Waals surface area contributed by atoms with E-state index in [2.05, 4.69) is 20.2 Å². The summed E-state index contributed by atoms with van der Waals surface area (Å²) in [6.07, 6.45) is 6.38. The van der Waals surface area contributed by atoms with Gasteiger partial charge in [-0.1, -0.05) is 0 Å². The van der Waals surface area contributed by atoms with Crippen LogP contribution in [0.25, 0.3) is 0 Å². The molecule has 138 valence electrons. The highest BCUT2D eigenvalue weighted by Gasteiger charge is 2.42. The molecule has 0 aromatic carbocycles. The van der Waals surface area contributed by atoms with E-state index in [-0.39, 0.29) is 11.9 Å². The molecule has 6 nitrogen and oxygen atoms in total. The minimum Gasteiger partial charge on any atom is -0.391 e. The normalized spacial score (nSPS) is 28.0. The van der Waals surface area contributed by atoms with Crippen LogP contribution in [-0.2, 0) is 4.79 Å². The molecule has 0 unspecified atom stereocenters. The summed E-state index contributed by atoms with van der Waals surface area (Å²) in [7, 11) is 0. The Labute approximate surface area is 161 Å². The summed E-state index contributed by atoms with van der Waals surface area (Å²) in [5, 5.41) is 16.6. The van der Waals surface area contributed by atoms with Crippen LogP contribution in [0.2, 0.25) is 0 Å². The lowest BCUT2D eigenvalue weighted by Gasteiger charge is -2.35. The smallest absolute Gasteiger partial charge is 0.230 e. The van der Waals surface area contributed by atoms with Crippen molar-refractivity contribution < 1.29 is 9.90 Å². The monoisotopic (exact) mass is 390 g/mol. The second kappa shape index (κ2) is 7.94. The second-order valence-electron chi connectivity index (χ2n) is 6.92. The number of nitrogens with one attached hydrogen (secondary N) is 1. The summed E-state index contributed by atoms with van der Waals surface area (Å²) < 4.78 is 0. The van der Waals surface area contributed by atoms with Crippen LogP contribution < -0.4 is 10.2 Å². The minimum atomic E-state index is -0.470. The van der Waals surface area contributed by atoms with Gasteiger partial charge in [0.1, 0.15) is 0 Å². The molecule has 4 atom stereocenters. The van der Waals surface area contributed by atoms with Gasteiger partial charge in [-0.2, -0.15) is 0 Å². The van der Waals surface area contributed by atoms with Crippen LogP contribution in [0.15, 0.2) is 41.0 Å². The number of aliphatic hydroxyl groups is 1. The van der Waals surface area contributed by atoms with E-state index in [1.807, 2.05) is 23.7 Å². The molecule has 1 saturated carbocycles. The van der Waals surface area contributed by atoms with Gasteiger partial charge in [0.15, 0.2) is 5.13 Å². The van der Waals surface area contributed by atoms with Crippen LogP contribution in [0.4, 0.5) is 5.13 Å². The Morgan fingerprint density at radius 2 is 2.04 bits per heavy atom. The highest BCUT2D eigenvalue weighted by molar-refractivity contribution is 8.00. The Kier molecular flexibility index (Phi) is 5.42. The van der Waals surface area contributed by atoms with Crippen molar-refractivity contribution in [3.05, 3.63) is 36.1 Å². The van der Waals surface area contributed by atoms with E-state index in [4.69, 9.17) is 0 Å². The summed E-state index contributed by atoms with van der Waals surface area (Å²) in [6, 6.07) is 3.63. The number of fused-ring (bicyclic) bond motifs is 1. The van der Waals surface area contributed by atoms with E-state index in [0.717, 1.165) is 36.0 Å². The molecule has 26 heavy (non-hydrogen) atoms. The van der Waals surface area contributed by atoms with E-state index in [1.54, 1.807) is 23.7 Å². The molecule has 2 fully saturated rings. The van der Waals surface area contributed by atoms with Gasteiger partial charge in [0, 0.05) is 42.0 Å². The summed E-state index contributed by atoms with van der Waals surface area (Å²) >= 11 is 3.15. The van der Waals surface area contributed by atoms with Gasteiger partial charge in [-0.25, -0.2) is 4.98 Å². The molecule has 3 heterocycles. The van der Waals surface area contributed by atoms with Crippen molar-refractivity contribution in [2.24, 2.45) is 11.8 Å². The van der Waals surface area contributed by atoms with Gasteiger partial charge in [-0.15, -0.1) is 23.1 Å². The fourth-order valence-corrected chi connectivity index (χ4v) is 5.30. The van der Waals surface area contributed by atoms with Crippen LogP contribution >= 0.6 is 23.1 Å². The maximum absolute atomic E-state index is 12.3. The molecule has 1 saturated heterocycles. The van der Waals surface area contributed by atoms with E-state index in [9.17, 15) is 9.90 Å². The zero-order chi connectivity index (χ0) is 17.9. The number of thiazole rings is 1. The van der Waals surface area contributed by atoms with Crippen molar-refractivity contribution in [1.29, 1.82) is 0 Å². The molecule has 0 radical (unpaired) electrons. The van der Waals surface area contributed by atoms with Crippen LogP contribution in [0.5, 0.6) is 0 Å². The highest BCUT2D eigenvalue weighted by atomic mass is 32.2. The number of amides is 1. The van der Waals surface area contributed by atoms with E-state index in [0.29, 0.717) is 17.6 Å². The van der Waals surface area contributed by atoms with Crippen LogP contribution in [0.3, 0.4) is 0 Å². The van der Waals surface area contributed by atoms with E-state index < -0.39 is 6.10 Å². The fourth-order valence-electron chi connectivity index (χ4n) is 3.95. The van der Waals surface area contributed by atoms with Crippen molar-refractivity contribution in [3.8, 4) is 0 Å². The molecule has 1 amide bonds. The first-order chi connectivity index (χ1) is 12.7. The Balaban J connectivity index is 1.30. The number of aliphatic hydroxyl groups excluding tert-OH is 1. The minimum absolute atomic E-state index is 0.0240. The summed E-state index contributed by atoms with van der Waals surface area (Å²) in [6.45, 7) is 1.91. The zero-order valence-corrected chi connectivity index (χ0v) is 16.0. The molecular formula is C18H22N4O2S2. The topological polar surface area (TPSA) is 78.4 Å². The van der Waals surface area contributed by atoms with Crippen LogP contribution in [0.1, 0.15) is 12.8 Å². The van der Waals surface area contributed by atoms with Crippen LogP contribution in [0, 0.1) is 11.8 Å². The fraction of sp³-hybridized carbons (Fsp3) is 0.500. The number of hydrogen-bond donors (Lipinski definition) is 2. The number of rotatable bonds is 5. The lowest BCUT2D eigenvalue weighted by molar-refractivity contribution is -0.120. The van der Waals surface area contributed by atoms with Crippen molar-refractivity contribution in [3.63, 3.8) is 0 Å². The number of thioether (sulfide) groups is 1. The second-order valence-corrected chi connectivity index (χ2v) is 8.85. The number of carbonyl (C=O) groups is 1. The number of pyridine rings is 1. The zero-order valence-electron chi connectivity index (χ0n) is 14.3. The first kappa shape index (κ1) is 17.8. The van der Waals surface area contributed by atoms with E-state index >= 15 is 0 Å². The van der Waals surface area contributed by atoms with Crippen molar-refractivity contribution in [2.45, 2.75) is 29.9 Å². The summed E-state index contributed by atoms with van der Waals surface area (Å²) in [5.74, 6) is 1.31. The first-order valence-corrected chi connectivity index (χ1v) is 10.7. The number of hydrogen-bond acceptors (Lipinski definition) is 7. The average Bonchev–Trinajstić information content (AvgIpc) is 3.30.